The second kappa shape index (κ2) is 7.25. The quantitative estimate of drug-likeness (QED) is 0.906. The predicted molar refractivity (Wildman–Crippen MR) is 76.3 cm³/mol. The monoisotopic (exact) mass is 324 g/mol. The number of carbonyl (C=O) groups excluding carboxylic acids is 1. The van der Waals surface area contributed by atoms with Gasteiger partial charge in [-0.05, 0) is 29.8 Å². The summed E-state index contributed by atoms with van der Waals surface area (Å²) in [5.41, 5.74) is 0.425. The Labute approximate surface area is 129 Å². The minimum Gasteiger partial charge on any atom is -0.406 e. The van der Waals surface area contributed by atoms with E-state index in [2.05, 4.69) is 25.3 Å². The van der Waals surface area contributed by atoms with E-state index in [4.69, 9.17) is 0 Å². The van der Waals surface area contributed by atoms with Gasteiger partial charge in [-0.2, -0.15) is 0 Å². The van der Waals surface area contributed by atoms with Gasteiger partial charge < -0.3 is 10.1 Å². The Kier molecular flexibility index (Phi) is 5.13. The minimum atomic E-state index is -4.75. The summed E-state index contributed by atoms with van der Waals surface area (Å²) in [5, 5.41) is 4.84. The molecule has 0 bridgehead atoms. The number of nitrogens with one attached hydrogen (secondary N) is 2. The van der Waals surface area contributed by atoms with E-state index in [0.29, 0.717) is 11.4 Å². The maximum absolute atomic E-state index is 12.1. The maximum Gasteiger partial charge on any atom is 0.573 e. The van der Waals surface area contributed by atoms with Crippen molar-refractivity contribution in [2.24, 2.45) is 0 Å². The molecule has 0 radical (unpaired) electrons. The van der Waals surface area contributed by atoms with Crippen LogP contribution in [0, 0.1) is 0 Å². The molecule has 2 aromatic rings. The Balaban J connectivity index is 1.90. The average molecular weight is 324 g/mol. The van der Waals surface area contributed by atoms with E-state index in [0.717, 1.165) is 0 Å². The number of halogens is 3. The molecule has 120 valence electrons. The van der Waals surface area contributed by atoms with E-state index >= 15 is 0 Å². The number of amides is 2. The second-order valence-electron chi connectivity index (χ2n) is 4.15. The summed E-state index contributed by atoms with van der Waals surface area (Å²) in [4.78, 5) is 19.0. The van der Waals surface area contributed by atoms with Gasteiger partial charge in [-0.1, -0.05) is 12.1 Å². The minimum absolute atomic E-state index is 0.312. The number of hydrogen-bond acceptors (Lipinski definition) is 4. The van der Waals surface area contributed by atoms with Crippen LogP contribution >= 0.6 is 0 Å². The molecule has 23 heavy (non-hydrogen) atoms. The van der Waals surface area contributed by atoms with Gasteiger partial charge in [0.15, 0.2) is 0 Å². The molecule has 2 rings (SSSR count). The molecule has 1 heterocycles. The number of carbonyl (C=O) groups is 1. The molecule has 1 aromatic carbocycles. The summed E-state index contributed by atoms with van der Waals surface area (Å²) in [6.45, 7) is 0. The summed E-state index contributed by atoms with van der Waals surface area (Å²) in [6.07, 6.45) is 0.687. The van der Waals surface area contributed by atoms with Crippen LogP contribution in [0.4, 0.5) is 23.8 Å². The largest absolute Gasteiger partial charge is 0.573 e. The molecule has 0 aliphatic heterocycles. The van der Waals surface area contributed by atoms with E-state index in [1.54, 1.807) is 6.07 Å². The van der Waals surface area contributed by atoms with Gasteiger partial charge in [0.2, 0.25) is 0 Å². The van der Waals surface area contributed by atoms with Crippen molar-refractivity contribution in [2.45, 2.75) is 6.36 Å². The zero-order valence-electron chi connectivity index (χ0n) is 11.5. The van der Waals surface area contributed by atoms with Gasteiger partial charge in [0, 0.05) is 12.4 Å². The van der Waals surface area contributed by atoms with Crippen LogP contribution in [0.5, 0.6) is 5.75 Å². The van der Waals surface area contributed by atoms with Gasteiger partial charge in [-0.15, -0.1) is 13.2 Å². The lowest BCUT2D eigenvalue weighted by Crippen LogP contribution is -2.24. The molecule has 6 nitrogen and oxygen atoms in total. The first-order chi connectivity index (χ1) is 10.9. The standard InChI is InChI=1S/C14H11F3N4O2/c15-14(16,17)23-11-3-1-2-10(8-11)4-7-19-13(22)21-12-5-6-18-9-20-12/h1-9H,(H2,18,19,20,21,22)/b7-4+. The van der Waals surface area contributed by atoms with Crippen molar-refractivity contribution in [3.8, 4) is 5.75 Å². The number of ether oxygens (including phenoxy) is 1. The third-order valence-electron chi connectivity index (χ3n) is 2.41. The lowest BCUT2D eigenvalue weighted by molar-refractivity contribution is -0.274. The zero-order valence-corrected chi connectivity index (χ0v) is 11.5. The lowest BCUT2D eigenvalue weighted by Gasteiger charge is -2.08. The van der Waals surface area contributed by atoms with Crippen LogP contribution in [0.25, 0.3) is 6.08 Å². The third-order valence-corrected chi connectivity index (χ3v) is 2.41. The van der Waals surface area contributed by atoms with Crippen LogP contribution in [0.15, 0.2) is 49.1 Å². The van der Waals surface area contributed by atoms with Crippen molar-refractivity contribution < 1.29 is 22.7 Å². The number of hydrogen-bond donors (Lipinski definition) is 2. The normalized spacial score (nSPS) is 11.3. The number of nitrogens with zero attached hydrogens (tertiary/aromatic N) is 2. The van der Waals surface area contributed by atoms with Crippen LogP contribution in [0.3, 0.4) is 0 Å². The van der Waals surface area contributed by atoms with Crippen molar-refractivity contribution in [3.63, 3.8) is 0 Å². The predicted octanol–water partition coefficient (Wildman–Crippen LogP) is 3.17. The molecule has 0 saturated heterocycles. The average Bonchev–Trinajstić information content (AvgIpc) is 2.47. The van der Waals surface area contributed by atoms with E-state index < -0.39 is 12.4 Å². The maximum atomic E-state index is 12.1. The third kappa shape index (κ3) is 6.04. The van der Waals surface area contributed by atoms with Crippen molar-refractivity contribution in [3.05, 3.63) is 54.6 Å². The Hall–Kier alpha value is -3.10. The summed E-state index contributed by atoms with van der Waals surface area (Å²) < 4.78 is 40.2. The number of benzene rings is 1. The van der Waals surface area contributed by atoms with E-state index in [1.807, 2.05) is 0 Å². The zero-order chi connectivity index (χ0) is 16.7. The number of anilines is 1. The molecule has 0 aliphatic carbocycles. The molecule has 0 saturated carbocycles. The van der Waals surface area contributed by atoms with Crippen LogP contribution in [-0.4, -0.2) is 22.4 Å². The second-order valence-corrected chi connectivity index (χ2v) is 4.15. The SMILES string of the molecule is O=C(N/C=C/c1cccc(OC(F)(F)F)c1)Nc1ccncn1. The topological polar surface area (TPSA) is 76.1 Å². The van der Waals surface area contributed by atoms with Gasteiger partial charge in [0.25, 0.3) is 0 Å². The summed E-state index contributed by atoms with van der Waals surface area (Å²) >= 11 is 0. The first-order valence-corrected chi connectivity index (χ1v) is 6.28. The molecule has 2 N–H and O–H groups in total. The number of urea groups is 1. The molecule has 0 atom stereocenters. The van der Waals surface area contributed by atoms with Crippen molar-refractivity contribution in [1.29, 1.82) is 0 Å². The van der Waals surface area contributed by atoms with Gasteiger partial charge in [-0.3, -0.25) is 5.32 Å². The van der Waals surface area contributed by atoms with E-state index in [9.17, 15) is 18.0 Å². The molecule has 0 unspecified atom stereocenters. The van der Waals surface area contributed by atoms with E-state index in [1.165, 1.54) is 49.1 Å². The lowest BCUT2D eigenvalue weighted by atomic mass is 10.2. The van der Waals surface area contributed by atoms with Gasteiger partial charge in [0.05, 0.1) is 0 Å². The number of aromatic nitrogens is 2. The van der Waals surface area contributed by atoms with Crippen LogP contribution in [-0.2, 0) is 0 Å². The fourth-order valence-electron chi connectivity index (χ4n) is 1.55. The molecular formula is C14H11F3N4O2. The number of rotatable bonds is 4. The molecule has 0 spiro atoms. The highest BCUT2D eigenvalue weighted by molar-refractivity contribution is 5.89. The molecule has 2 amide bonds. The molecule has 0 fully saturated rings. The molecule has 0 aliphatic rings. The summed E-state index contributed by atoms with van der Waals surface area (Å²) in [7, 11) is 0. The smallest absolute Gasteiger partial charge is 0.406 e. The Morgan fingerprint density at radius 1 is 1.26 bits per heavy atom. The number of alkyl halides is 3. The van der Waals surface area contributed by atoms with E-state index in [-0.39, 0.29) is 5.75 Å². The first-order valence-electron chi connectivity index (χ1n) is 6.28. The molecule has 9 heteroatoms. The van der Waals surface area contributed by atoms with Crippen molar-refractivity contribution >= 4 is 17.9 Å². The van der Waals surface area contributed by atoms with Crippen molar-refractivity contribution in [1.82, 2.24) is 15.3 Å². The fourth-order valence-corrected chi connectivity index (χ4v) is 1.55. The Morgan fingerprint density at radius 2 is 2.09 bits per heavy atom. The van der Waals surface area contributed by atoms with Crippen molar-refractivity contribution in [2.75, 3.05) is 5.32 Å². The fraction of sp³-hybridized carbons (Fsp3) is 0.0714. The van der Waals surface area contributed by atoms with Crippen LogP contribution in [0.2, 0.25) is 0 Å². The van der Waals surface area contributed by atoms with Gasteiger partial charge >= 0.3 is 12.4 Å². The first kappa shape index (κ1) is 16.3. The van der Waals surface area contributed by atoms with Crippen LogP contribution in [0.1, 0.15) is 5.56 Å². The van der Waals surface area contributed by atoms with Gasteiger partial charge in [0.1, 0.15) is 17.9 Å². The highest BCUT2D eigenvalue weighted by atomic mass is 19.4. The highest BCUT2D eigenvalue weighted by Gasteiger charge is 2.30. The van der Waals surface area contributed by atoms with Gasteiger partial charge in [-0.25, -0.2) is 14.8 Å². The molecular weight excluding hydrogens is 313 g/mol. The molecule has 1 aromatic heterocycles. The Morgan fingerprint density at radius 3 is 2.78 bits per heavy atom. The summed E-state index contributed by atoms with van der Waals surface area (Å²) in [5.74, 6) is -0.0310. The highest BCUT2D eigenvalue weighted by Crippen LogP contribution is 2.23. The van der Waals surface area contributed by atoms with Crippen LogP contribution < -0.4 is 15.4 Å². The summed E-state index contributed by atoms with van der Waals surface area (Å²) in [6, 6.07) is 6.28. The Bertz CT molecular complexity index is 690.